The van der Waals surface area contributed by atoms with Crippen molar-refractivity contribution in [2.45, 2.75) is 26.7 Å². The van der Waals surface area contributed by atoms with E-state index in [4.69, 9.17) is 4.74 Å². The van der Waals surface area contributed by atoms with Crippen LogP contribution in [0.5, 0.6) is 0 Å². The summed E-state index contributed by atoms with van der Waals surface area (Å²) in [6.07, 6.45) is 2.32. The van der Waals surface area contributed by atoms with Gasteiger partial charge in [-0.25, -0.2) is 0 Å². The normalized spacial score (nSPS) is 19.5. The first kappa shape index (κ1) is 13.6. The standard InChI is InChI=1S/C13H16N2O4/c1-8-6-14-11(9(2)13(8)15(17)18)5-10-7-19-4-3-12(10)16/h6,10H,3-5,7H2,1-2H3. The molecule has 0 aliphatic carbocycles. The smallest absolute Gasteiger partial charge is 0.278 e. The number of ketones is 1. The third-order valence-corrected chi connectivity index (χ3v) is 3.47. The second-order valence-electron chi connectivity index (χ2n) is 4.81. The molecular formula is C13H16N2O4. The summed E-state index contributed by atoms with van der Waals surface area (Å²) in [6.45, 7) is 4.19. The zero-order chi connectivity index (χ0) is 14.0. The minimum atomic E-state index is -0.394. The lowest BCUT2D eigenvalue weighted by Crippen LogP contribution is -2.29. The molecule has 1 aromatic heterocycles. The van der Waals surface area contributed by atoms with Gasteiger partial charge in [0.05, 0.1) is 23.8 Å². The maximum absolute atomic E-state index is 11.8. The highest BCUT2D eigenvalue weighted by Crippen LogP contribution is 2.26. The average Bonchev–Trinajstić information content (AvgIpc) is 2.35. The number of pyridine rings is 1. The van der Waals surface area contributed by atoms with Gasteiger partial charge in [-0.05, 0) is 13.8 Å². The van der Waals surface area contributed by atoms with Gasteiger partial charge in [0.15, 0.2) is 0 Å². The Hall–Kier alpha value is -1.82. The molecule has 0 bridgehead atoms. The third-order valence-electron chi connectivity index (χ3n) is 3.47. The first-order chi connectivity index (χ1) is 9.00. The van der Waals surface area contributed by atoms with Crippen LogP contribution in [-0.4, -0.2) is 28.9 Å². The zero-order valence-corrected chi connectivity index (χ0v) is 11.0. The van der Waals surface area contributed by atoms with Crippen molar-refractivity contribution in [3.8, 4) is 0 Å². The Bertz CT molecular complexity index is 528. The molecule has 1 atom stereocenters. The van der Waals surface area contributed by atoms with Crippen LogP contribution in [0.1, 0.15) is 23.2 Å². The highest BCUT2D eigenvalue weighted by Gasteiger charge is 2.26. The van der Waals surface area contributed by atoms with Crippen LogP contribution in [0.4, 0.5) is 5.69 Å². The third kappa shape index (κ3) is 2.78. The second kappa shape index (κ2) is 5.44. The molecule has 0 spiro atoms. The second-order valence-corrected chi connectivity index (χ2v) is 4.81. The van der Waals surface area contributed by atoms with E-state index in [1.165, 1.54) is 6.20 Å². The fraction of sp³-hybridized carbons (Fsp3) is 0.538. The summed E-state index contributed by atoms with van der Waals surface area (Å²) < 4.78 is 5.28. The molecule has 0 N–H and O–H groups in total. The number of carbonyl (C=O) groups is 1. The van der Waals surface area contributed by atoms with Gasteiger partial charge in [-0.3, -0.25) is 19.9 Å². The van der Waals surface area contributed by atoms with Gasteiger partial charge >= 0.3 is 0 Å². The maximum Gasteiger partial charge on any atom is 0.278 e. The number of nitrogens with zero attached hydrogens (tertiary/aromatic N) is 2. The summed E-state index contributed by atoms with van der Waals surface area (Å²) >= 11 is 0. The van der Waals surface area contributed by atoms with E-state index in [1.54, 1.807) is 13.8 Å². The summed E-state index contributed by atoms with van der Waals surface area (Å²) in [7, 11) is 0. The molecule has 6 heteroatoms. The largest absolute Gasteiger partial charge is 0.380 e. The Labute approximate surface area is 110 Å². The molecule has 0 radical (unpaired) electrons. The lowest BCUT2D eigenvalue weighted by Gasteiger charge is -2.21. The Morgan fingerprint density at radius 3 is 2.89 bits per heavy atom. The van der Waals surface area contributed by atoms with Gasteiger partial charge in [0.25, 0.3) is 5.69 Å². The molecule has 1 saturated heterocycles. The van der Waals surface area contributed by atoms with Crippen LogP contribution in [0.2, 0.25) is 0 Å². The number of nitro groups is 1. The van der Waals surface area contributed by atoms with Gasteiger partial charge in [-0.15, -0.1) is 0 Å². The van der Waals surface area contributed by atoms with E-state index in [2.05, 4.69) is 4.98 Å². The fourth-order valence-electron chi connectivity index (χ4n) is 2.35. The lowest BCUT2D eigenvalue weighted by molar-refractivity contribution is -0.386. The van der Waals surface area contributed by atoms with Gasteiger partial charge in [0, 0.05) is 36.1 Å². The van der Waals surface area contributed by atoms with Crippen molar-refractivity contribution in [3.63, 3.8) is 0 Å². The predicted octanol–water partition coefficient (Wildman–Crippen LogP) is 1.75. The van der Waals surface area contributed by atoms with Crippen LogP contribution in [0, 0.1) is 29.9 Å². The van der Waals surface area contributed by atoms with Crippen molar-refractivity contribution < 1.29 is 14.5 Å². The lowest BCUT2D eigenvalue weighted by atomic mass is 9.93. The molecule has 2 rings (SSSR count). The fourth-order valence-corrected chi connectivity index (χ4v) is 2.35. The number of aryl methyl sites for hydroxylation is 1. The van der Waals surface area contributed by atoms with Crippen molar-refractivity contribution >= 4 is 11.5 Å². The van der Waals surface area contributed by atoms with E-state index < -0.39 is 4.92 Å². The van der Waals surface area contributed by atoms with Crippen LogP contribution in [0.15, 0.2) is 6.20 Å². The summed E-state index contributed by atoms with van der Waals surface area (Å²) in [4.78, 5) is 26.6. The molecule has 1 aliphatic rings. The Balaban J connectivity index is 2.28. The van der Waals surface area contributed by atoms with Gasteiger partial charge < -0.3 is 4.74 Å². The van der Waals surface area contributed by atoms with E-state index in [0.717, 1.165) is 0 Å². The highest BCUT2D eigenvalue weighted by atomic mass is 16.6. The monoisotopic (exact) mass is 264 g/mol. The van der Waals surface area contributed by atoms with Crippen molar-refractivity contribution in [1.29, 1.82) is 0 Å². The number of aromatic nitrogens is 1. The van der Waals surface area contributed by atoms with Crippen LogP contribution in [0.25, 0.3) is 0 Å². The van der Waals surface area contributed by atoms with Crippen molar-refractivity contribution in [1.82, 2.24) is 4.98 Å². The minimum Gasteiger partial charge on any atom is -0.380 e. The molecule has 2 heterocycles. The summed E-state index contributed by atoms with van der Waals surface area (Å²) in [5, 5.41) is 11.0. The van der Waals surface area contributed by atoms with Crippen LogP contribution in [-0.2, 0) is 16.0 Å². The van der Waals surface area contributed by atoms with Gasteiger partial charge in [-0.2, -0.15) is 0 Å². The van der Waals surface area contributed by atoms with Crippen LogP contribution < -0.4 is 0 Å². The van der Waals surface area contributed by atoms with E-state index in [0.29, 0.717) is 42.9 Å². The molecule has 1 fully saturated rings. The van der Waals surface area contributed by atoms with Crippen LogP contribution in [0.3, 0.4) is 0 Å². The summed E-state index contributed by atoms with van der Waals surface area (Å²) in [5.41, 5.74) is 1.79. The molecule has 102 valence electrons. The predicted molar refractivity (Wildman–Crippen MR) is 68.0 cm³/mol. The van der Waals surface area contributed by atoms with Gasteiger partial charge in [0.1, 0.15) is 5.78 Å². The van der Waals surface area contributed by atoms with E-state index in [1.807, 2.05) is 0 Å². The topological polar surface area (TPSA) is 82.3 Å². The first-order valence-corrected chi connectivity index (χ1v) is 6.20. The SMILES string of the molecule is Cc1cnc(CC2COCCC2=O)c(C)c1[N+](=O)[O-]. The number of Topliss-reactive ketones (excluding diaryl/α,β-unsaturated/α-hetero) is 1. The van der Waals surface area contributed by atoms with Crippen LogP contribution >= 0.6 is 0 Å². The highest BCUT2D eigenvalue weighted by molar-refractivity contribution is 5.82. The van der Waals surface area contributed by atoms with Crippen molar-refractivity contribution in [3.05, 3.63) is 33.1 Å². The summed E-state index contributed by atoms with van der Waals surface area (Å²) in [6, 6.07) is 0. The quantitative estimate of drug-likeness (QED) is 0.613. The number of rotatable bonds is 3. The Morgan fingerprint density at radius 2 is 2.26 bits per heavy atom. The molecule has 0 saturated carbocycles. The van der Waals surface area contributed by atoms with Crippen molar-refractivity contribution in [2.24, 2.45) is 5.92 Å². The molecule has 6 nitrogen and oxygen atoms in total. The molecule has 1 unspecified atom stereocenters. The van der Waals surface area contributed by atoms with E-state index in [-0.39, 0.29) is 17.4 Å². The molecule has 1 aromatic rings. The maximum atomic E-state index is 11.8. The number of hydrogen-bond acceptors (Lipinski definition) is 5. The minimum absolute atomic E-state index is 0.0918. The number of carbonyl (C=O) groups excluding carboxylic acids is 1. The Kier molecular flexibility index (Phi) is 3.90. The first-order valence-electron chi connectivity index (χ1n) is 6.20. The average molecular weight is 264 g/mol. The zero-order valence-electron chi connectivity index (χ0n) is 11.0. The van der Waals surface area contributed by atoms with Gasteiger partial charge in [0.2, 0.25) is 0 Å². The summed E-state index contributed by atoms with van der Waals surface area (Å²) in [5.74, 6) is -0.0852. The molecule has 19 heavy (non-hydrogen) atoms. The number of hydrogen-bond donors (Lipinski definition) is 0. The van der Waals surface area contributed by atoms with E-state index in [9.17, 15) is 14.9 Å². The van der Waals surface area contributed by atoms with Crippen molar-refractivity contribution in [2.75, 3.05) is 13.2 Å². The van der Waals surface area contributed by atoms with E-state index >= 15 is 0 Å². The molecule has 0 amide bonds. The molecule has 0 aromatic carbocycles. The number of ether oxygens (including phenoxy) is 1. The Morgan fingerprint density at radius 1 is 1.53 bits per heavy atom. The van der Waals surface area contributed by atoms with Gasteiger partial charge in [-0.1, -0.05) is 0 Å². The molecule has 1 aliphatic heterocycles. The molecular weight excluding hydrogens is 248 g/mol.